The first-order valence-electron chi connectivity index (χ1n) is 10.2. The third-order valence-electron chi connectivity index (χ3n) is 5.57. The fourth-order valence-corrected chi connectivity index (χ4v) is 4.01. The SMILES string of the molecule is CN(C)Cc1cc(C2CCCN(C(=O)COCCN3CCCC3=O)C2)nn1C. The van der Waals surface area contributed by atoms with Gasteiger partial charge in [0, 0.05) is 52.1 Å². The van der Waals surface area contributed by atoms with Crippen molar-refractivity contribution in [2.24, 2.45) is 7.05 Å². The summed E-state index contributed by atoms with van der Waals surface area (Å²) in [5, 5.41) is 4.69. The number of likely N-dealkylation sites (tertiary alicyclic amines) is 2. The van der Waals surface area contributed by atoms with E-state index in [9.17, 15) is 9.59 Å². The molecule has 28 heavy (non-hydrogen) atoms. The lowest BCUT2D eigenvalue weighted by Gasteiger charge is -2.32. The number of amides is 2. The average molecular weight is 392 g/mol. The van der Waals surface area contributed by atoms with Crippen molar-refractivity contribution in [3.05, 3.63) is 17.5 Å². The summed E-state index contributed by atoms with van der Waals surface area (Å²) in [6, 6.07) is 2.17. The molecule has 0 saturated carbocycles. The maximum absolute atomic E-state index is 12.5. The third kappa shape index (κ3) is 5.32. The number of nitrogens with zero attached hydrogens (tertiary/aromatic N) is 5. The second-order valence-corrected chi connectivity index (χ2v) is 8.14. The summed E-state index contributed by atoms with van der Waals surface area (Å²) in [5.74, 6) is 0.502. The summed E-state index contributed by atoms with van der Waals surface area (Å²) in [4.78, 5) is 30.0. The Hall–Kier alpha value is -1.93. The lowest BCUT2D eigenvalue weighted by molar-refractivity contribution is -0.137. The highest BCUT2D eigenvalue weighted by atomic mass is 16.5. The summed E-state index contributed by atoms with van der Waals surface area (Å²) in [6.45, 7) is 4.23. The van der Waals surface area contributed by atoms with Crippen LogP contribution in [-0.2, 0) is 27.9 Å². The van der Waals surface area contributed by atoms with Crippen molar-refractivity contribution in [1.82, 2.24) is 24.5 Å². The van der Waals surface area contributed by atoms with E-state index in [1.807, 2.05) is 35.6 Å². The zero-order valence-electron chi connectivity index (χ0n) is 17.4. The predicted molar refractivity (Wildman–Crippen MR) is 106 cm³/mol. The van der Waals surface area contributed by atoms with Gasteiger partial charge in [-0.3, -0.25) is 14.3 Å². The average Bonchev–Trinajstić information content (AvgIpc) is 3.24. The van der Waals surface area contributed by atoms with Crippen LogP contribution in [0.3, 0.4) is 0 Å². The molecule has 0 bridgehead atoms. The third-order valence-corrected chi connectivity index (χ3v) is 5.57. The van der Waals surface area contributed by atoms with Gasteiger partial charge in [0.2, 0.25) is 11.8 Å². The molecule has 2 aliphatic rings. The second-order valence-electron chi connectivity index (χ2n) is 8.14. The van der Waals surface area contributed by atoms with Gasteiger partial charge in [-0.05, 0) is 39.4 Å². The van der Waals surface area contributed by atoms with Crippen LogP contribution in [0.1, 0.15) is 43.0 Å². The van der Waals surface area contributed by atoms with E-state index in [0.29, 0.717) is 26.1 Å². The maximum atomic E-state index is 12.5. The molecule has 1 unspecified atom stereocenters. The molecular formula is C20H33N5O3. The van der Waals surface area contributed by atoms with Crippen LogP contribution >= 0.6 is 0 Å². The molecule has 2 aliphatic heterocycles. The van der Waals surface area contributed by atoms with E-state index in [1.54, 1.807) is 0 Å². The number of hydrogen-bond acceptors (Lipinski definition) is 5. The van der Waals surface area contributed by atoms with E-state index >= 15 is 0 Å². The largest absolute Gasteiger partial charge is 0.370 e. The van der Waals surface area contributed by atoms with Crippen LogP contribution in [0.15, 0.2) is 6.07 Å². The van der Waals surface area contributed by atoms with Gasteiger partial charge in [-0.25, -0.2) is 0 Å². The van der Waals surface area contributed by atoms with Crippen LogP contribution in [0.25, 0.3) is 0 Å². The molecule has 8 heteroatoms. The minimum absolute atomic E-state index is 0.0295. The lowest BCUT2D eigenvalue weighted by Crippen LogP contribution is -2.41. The molecule has 1 aromatic rings. The van der Waals surface area contributed by atoms with Gasteiger partial charge in [0.05, 0.1) is 18.0 Å². The molecule has 1 atom stereocenters. The Labute approximate surface area is 167 Å². The molecule has 0 aromatic carbocycles. The first-order valence-corrected chi connectivity index (χ1v) is 10.2. The number of rotatable bonds is 8. The zero-order valence-corrected chi connectivity index (χ0v) is 17.4. The lowest BCUT2D eigenvalue weighted by atomic mass is 9.94. The number of carbonyl (C=O) groups is 2. The molecular weight excluding hydrogens is 358 g/mol. The van der Waals surface area contributed by atoms with Crippen LogP contribution in [0.5, 0.6) is 0 Å². The standard InChI is InChI=1S/C20H33N5O3/c1-22(2)14-17-12-18(21-23(17)3)16-6-4-9-25(13-16)20(27)15-28-11-10-24-8-5-7-19(24)26/h12,16H,4-11,13-15H2,1-3H3. The smallest absolute Gasteiger partial charge is 0.248 e. The fraction of sp³-hybridized carbons (Fsp3) is 0.750. The van der Waals surface area contributed by atoms with Crippen molar-refractivity contribution >= 4 is 11.8 Å². The van der Waals surface area contributed by atoms with Gasteiger partial charge < -0.3 is 19.4 Å². The minimum atomic E-state index is 0.0295. The van der Waals surface area contributed by atoms with E-state index in [1.165, 1.54) is 5.69 Å². The highest BCUT2D eigenvalue weighted by Crippen LogP contribution is 2.26. The Bertz CT molecular complexity index is 687. The number of ether oxygens (including phenoxy) is 1. The van der Waals surface area contributed by atoms with Crippen molar-refractivity contribution in [3.63, 3.8) is 0 Å². The molecule has 0 N–H and O–H groups in total. The molecule has 2 fully saturated rings. The molecule has 3 rings (SSSR count). The van der Waals surface area contributed by atoms with E-state index in [2.05, 4.69) is 11.0 Å². The predicted octanol–water partition coefficient (Wildman–Crippen LogP) is 0.827. The summed E-state index contributed by atoms with van der Waals surface area (Å²) in [7, 11) is 6.08. The topological polar surface area (TPSA) is 70.9 Å². The molecule has 1 aromatic heterocycles. The Morgan fingerprint density at radius 2 is 2.14 bits per heavy atom. The molecule has 3 heterocycles. The minimum Gasteiger partial charge on any atom is -0.370 e. The van der Waals surface area contributed by atoms with Crippen LogP contribution in [0.2, 0.25) is 0 Å². The first-order chi connectivity index (χ1) is 13.4. The summed E-state index contributed by atoms with van der Waals surface area (Å²) in [5.41, 5.74) is 2.26. The first kappa shape index (κ1) is 20.8. The van der Waals surface area contributed by atoms with Crippen LogP contribution in [-0.4, -0.2) is 89.8 Å². The Balaban J connectivity index is 1.46. The van der Waals surface area contributed by atoms with Crippen molar-refractivity contribution in [3.8, 4) is 0 Å². The fourth-order valence-electron chi connectivity index (χ4n) is 4.01. The van der Waals surface area contributed by atoms with Crippen molar-refractivity contribution in [1.29, 1.82) is 0 Å². The van der Waals surface area contributed by atoms with Crippen LogP contribution in [0, 0.1) is 0 Å². The van der Waals surface area contributed by atoms with E-state index < -0.39 is 0 Å². The maximum Gasteiger partial charge on any atom is 0.248 e. The quantitative estimate of drug-likeness (QED) is 0.614. The zero-order chi connectivity index (χ0) is 20.1. The number of piperidine rings is 1. The van der Waals surface area contributed by atoms with E-state index in [4.69, 9.17) is 9.84 Å². The molecule has 2 saturated heterocycles. The summed E-state index contributed by atoms with van der Waals surface area (Å²) >= 11 is 0. The Morgan fingerprint density at radius 1 is 1.32 bits per heavy atom. The van der Waals surface area contributed by atoms with Gasteiger partial charge >= 0.3 is 0 Å². The van der Waals surface area contributed by atoms with E-state index in [0.717, 1.165) is 44.6 Å². The van der Waals surface area contributed by atoms with Gasteiger partial charge in [0.1, 0.15) is 6.61 Å². The molecule has 8 nitrogen and oxygen atoms in total. The van der Waals surface area contributed by atoms with Gasteiger partial charge in [-0.1, -0.05) is 0 Å². The molecule has 0 aliphatic carbocycles. The van der Waals surface area contributed by atoms with Gasteiger partial charge in [-0.15, -0.1) is 0 Å². The molecule has 2 amide bonds. The van der Waals surface area contributed by atoms with Gasteiger partial charge in [0.25, 0.3) is 0 Å². The van der Waals surface area contributed by atoms with Crippen molar-refractivity contribution in [2.45, 2.75) is 38.1 Å². The summed E-state index contributed by atoms with van der Waals surface area (Å²) in [6.07, 6.45) is 3.60. The highest BCUT2D eigenvalue weighted by Gasteiger charge is 2.27. The van der Waals surface area contributed by atoms with Crippen molar-refractivity contribution < 1.29 is 14.3 Å². The second kappa shape index (κ2) is 9.52. The van der Waals surface area contributed by atoms with Gasteiger partial charge in [0.15, 0.2) is 0 Å². The van der Waals surface area contributed by atoms with Gasteiger partial charge in [-0.2, -0.15) is 5.10 Å². The van der Waals surface area contributed by atoms with Crippen LogP contribution < -0.4 is 0 Å². The van der Waals surface area contributed by atoms with Crippen LogP contribution in [0.4, 0.5) is 0 Å². The number of hydrogen-bond donors (Lipinski definition) is 0. The Morgan fingerprint density at radius 3 is 2.86 bits per heavy atom. The Kier molecular flexibility index (Phi) is 7.07. The number of aromatic nitrogens is 2. The molecule has 0 radical (unpaired) electrons. The van der Waals surface area contributed by atoms with Crippen molar-refractivity contribution in [2.75, 3.05) is 53.5 Å². The number of aryl methyl sites for hydroxylation is 1. The monoisotopic (exact) mass is 391 g/mol. The summed E-state index contributed by atoms with van der Waals surface area (Å²) < 4.78 is 7.50. The highest BCUT2D eigenvalue weighted by molar-refractivity contribution is 5.78. The molecule has 156 valence electrons. The molecule has 0 spiro atoms. The normalized spacial score (nSPS) is 20.4. The van der Waals surface area contributed by atoms with E-state index in [-0.39, 0.29) is 24.3 Å². The number of carbonyl (C=O) groups excluding carboxylic acids is 2.